The highest BCUT2D eigenvalue weighted by atomic mass is 19.4. The SMILES string of the molecule is CCCNc1nc(C)cn1CC(F)(F)F. The molecule has 0 aliphatic carbocycles. The molecule has 0 bridgehead atoms. The van der Waals surface area contributed by atoms with Crippen molar-refractivity contribution in [1.82, 2.24) is 9.55 Å². The van der Waals surface area contributed by atoms with E-state index < -0.39 is 12.7 Å². The Bertz CT molecular complexity index is 317. The highest BCUT2D eigenvalue weighted by Crippen LogP contribution is 2.20. The van der Waals surface area contributed by atoms with E-state index in [4.69, 9.17) is 0 Å². The van der Waals surface area contributed by atoms with E-state index in [9.17, 15) is 13.2 Å². The van der Waals surface area contributed by atoms with Crippen LogP contribution in [0.1, 0.15) is 19.0 Å². The molecule has 0 aliphatic heterocycles. The number of alkyl halides is 3. The molecule has 0 fully saturated rings. The van der Waals surface area contributed by atoms with Gasteiger partial charge in [-0.05, 0) is 13.3 Å². The number of imidazole rings is 1. The second-order valence-corrected chi connectivity index (χ2v) is 3.38. The number of rotatable bonds is 4. The van der Waals surface area contributed by atoms with Gasteiger partial charge in [-0.1, -0.05) is 6.92 Å². The van der Waals surface area contributed by atoms with Crippen molar-refractivity contribution in [3.8, 4) is 0 Å². The van der Waals surface area contributed by atoms with Crippen LogP contribution in [-0.4, -0.2) is 22.3 Å². The molecule has 0 atom stereocenters. The summed E-state index contributed by atoms with van der Waals surface area (Å²) in [5.41, 5.74) is 0.581. The molecule has 6 heteroatoms. The molecule has 1 aromatic rings. The molecule has 1 rings (SSSR count). The Morgan fingerprint density at radius 1 is 1.47 bits per heavy atom. The van der Waals surface area contributed by atoms with Gasteiger partial charge >= 0.3 is 6.18 Å². The summed E-state index contributed by atoms with van der Waals surface area (Å²) in [6, 6.07) is 0. The summed E-state index contributed by atoms with van der Waals surface area (Å²) in [4.78, 5) is 3.98. The fourth-order valence-corrected chi connectivity index (χ4v) is 1.24. The number of anilines is 1. The molecule has 0 spiro atoms. The van der Waals surface area contributed by atoms with Gasteiger partial charge in [-0.25, -0.2) is 4.98 Å². The van der Waals surface area contributed by atoms with E-state index in [0.29, 0.717) is 12.2 Å². The molecule has 1 heterocycles. The summed E-state index contributed by atoms with van der Waals surface area (Å²) in [6.07, 6.45) is -1.97. The second kappa shape index (κ2) is 4.55. The smallest absolute Gasteiger partial charge is 0.356 e. The van der Waals surface area contributed by atoms with Gasteiger partial charge in [-0.3, -0.25) is 0 Å². The third-order valence-corrected chi connectivity index (χ3v) is 1.78. The maximum absolute atomic E-state index is 12.2. The van der Waals surface area contributed by atoms with E-state index in [2.05, 4.69) is 10.3 Å². The van der Waals surface area contributed by atoms with Crippen LogP contribution in [0, 0.1) is 6.92 Å². The van der Waals surface area contributed by atoms with Crippen molar-refractivity contribution in [3.63, 3.8) is 0 Å². The van der Waals surface area contributed by atoms with Crippen molar-refractivity contribution in [2.75, 3.05) is 11.9 Å². The average Bonchev–Trinajstić information content (AvgIpc) is 2.39. The van der Waals surface area contributed by atoms with Crippen LogP contribution in [0.4, 0.5) is 19.1 Å². The minimum absolute atomic E-state index is 0.284. The Kier molecular flexibility index (Phi) is 3.60. The highest BCUT2D eigenvalue weighted by molar-refractivity contribution is 5.28. The van der Waals surface area contributed by atoms with Gasteiger partial charge in [0.05, 0.1) is 5.69 Å². The van der Waals surface area contributed by atoms with E-state index in [1.165, 1.54) is 6.20 Å². The van der Waals surface area contributed by atoms with Crippen LogP contribution in [0.25, 0.3) is 0 Å². The summed E-state index contributed by atoms with van der Waals surface area (Å²) < 4.78 is 37.6. The first-order valence-corrected chi connectivity index (χ1v) is 4.77. The molecule has 0 radical (unpaired) electrons. The van der Waals surface area contributed by atoms with Gasteiger partial charge in [-0.15, -0.1) is 0 Å². The van der Waals surface area contributed by atoms with Crippen molar-refractivity contribution < 1.29 is 13.2 Å². The lowest BCUT2D eigenvalue weighted by Gasteiger charge is -2.11. The fourth-order valence-electron chi connectivity index (χ4n) is 1.24. The quantitative estimate of drug-likeness (QED) is 0.846. The number of aryl methyl sites for hydroxylation is 1. The van der Waals surface area contributed by atoms with E-state index in [1.807, 2.05) is 6.92 Å². The van der Waals surface area contributed by atoms with Gasteiger partial charge in [-0.2, -0.15) is 13.2 Å². The number of aromatic nitrogens is 2. The maximum Gasteiger partial charge on any atom is 0.406 e. The molecule has 0 saturated carbocycles. The van der Waals surface area contributed by atoms with Crippen LogP contribution in [0.15, 0.2) is 6.20 Å². The Morgan fingerprint density at radius 3 is 2.67 bits per heavy atom. The predicted octanol–water partition coefficient (Wildman–Crippen LogP) is 2.58. The van der Waals surface area contributed by atoms with Crippen molar-refractivity contribution in [3.05, 3.63) is 11.9 Å². The predicted molar refractivity (Wildman–Crippen MR) is 51.8 cm³/mol. The Morgan fingerprint density at radius 2 is 2.13 bits per heavy atom. The van der Waals surface area contributed by atoms with Gasteiger partial charge in [0.1, 0.15) is 6.54 Å². The molecule has 0 unspecified atom stereocenters. The average molecular weight is 221 g/mol. The van der Waals surface area contributed by atoms with Gasteiger partial charge < -0.3 is 9.88 Å². The first-order valence-electron chi connectivity index (χ1n) is 4.77. The van der Waals surface area contributed by atoms with Gasteiger partial charge in [0.15, 0.2) is 0 Å². The van der Waals surface area contributed by atoms with E-state index in [1.54, 1.807) is 6.92 Å². The van der Waals surface area contributed by atoms with Crippen LogP contribution in [0.2, 0.25) is 0 Å². The lowest BCUT2D eigenvalue weighted by atomic mass is 10.5. The van der Waals surface area contributed by atoms with E-state index in [0.717, 1.165) is 11.0 Å². The topological polar surface area (TPSA) is 29.9 Å². The minimum Gasteiger partial charge on any atom is -0.356 e. The molecule has 0 aromatic carbocycles. The van der Waals surface area contributed by atoms with Crippen LogP contribution in [0.3, 0.4) is 0 Å². The zero-order valence-electron chi connectivity index (χ0n) is 8.73. The van der Waals surface area contributed by atoms with Gasteiger partial charge in [0.25, 0.3) is 0 Å². The second-order valence-electron chi connectivity index (χ2n) is 3.38. The summed E-state index contributed by atoms with van der Waals surface area (Å²) in [5, 5.41) is 2.86. The molecule has 1 N–H and O–H groups in total. The fraction of sp³-hybridized carbons (Fsp3) is 0.667. The van der Waals surface area contributed by atoms with Crippen molar-refractivity contribution in [2.24, 2.45) is 0 Å². The third-order valence-electron chi connectivity index (χ3n) is 1.78. The molecule has 15 heavy (non-hydrogen) atoms. The normalized spacial score (nSPS) is 11.8. The Hall–Kier alpha value is -1.20. The zero-order chi connectivity index (χ0) is 11.5. The van der Waals surface area contributed by atoms with E-state index in [-0.39, 0.29) is 5.95 Å². The highest BCUT2D eigenvalue weighted by Gasteiger charge is 2.29. The van der Waals surface area contributed by atoms with Crippen LogP contribution >= 0.6 is 0 Å². The number of nitrogens with one attached hydrogen (secondary N) is 1. The van der Waals surface area contributed by atoms with Crippen LogP contribution < -0.4 is 5.32 Å². The minimum atomic E-state index is -4.21. The molecular weight excluding hydrogens is 207 g/mol. The van der Waals surface area contributed by atoms with Crippen molar-refractivity contribution in [1.29, 1.82) is 0 Å². The summed E-state index contributed by atoms with van der Waals surface area (Å²) >= 11 is 0. The first-order chi connectivity index (χ1) is 6.92. The molecule has 0 aliphatic rings. The Labute approximate surface area is 86.3 Å². The molecule has 1 aromatic heterocycles. The molecule has 0 amide bonds. The lowest BCUT2D eigenvalue weighted by molar-refractivity contribution is -0.140. The van der Waals surface area contributed by atoms with Crippen molar-refractivity contribution in [2.45, 2.75) is 33.0 Å². The van der Waals surface area contributed by atoms with E-state index >= 15 is 0 Å². The third kappa shape index (κ3) is 3.81. The Balaban J connectivity index is 2.77. The van der Waals surface area contributed by atoms with Gasteiger partial charge in [0.2, 0.25) is 5.95 Å². The molecular formula is C9H14F3N3. The number of halogens is 3. The van der Waals surface area contributed by atoms with Gasteiger partial charge in [0, 0.05) is 12.7 Å². The first kappa shape index (κ1) is 11.9. The molecule has 0 saturated heterocycles. The van der Waals surface area contributed by atoms with Crippen LogP contribution in [-0.2, 0) is 6.54 Å². The summed E-state index contributed by atoms with van der Waals surface area (Å²) in [6.45, 7) is 3.23. The van der Waals surface area contributed by atoms with Crippen LogP contribution in [0.5, 0.6) is 0 Å². The molecule has 86 valence electrons. The monoisotopic (exact) mass is 221 g/mol. The zero-order valence-corrected chi connectivity index (χ0v) is 8.73. The lowest BCUT2D eigenvalue weighted by Crippen LogP contribution is -2.19. The maximum atomic E-state index is 12.2. The summed E-state index contributed by atoms with van der Waals surface area (Å²) in [7, 11) is 0. The number of hydrogen-bond acceptors (Lipinski definition) is 2. The summed E-state index contributed by atoms with van der Waals surface area (Å²) in [5.74, 6) is 0.284. The number of hydrogen-bond donors (Lipinski definition) is 1. The number of nitrogens with zero attached hydrogens (tertiary/aromatic N) is 2. The largest absolute Gasteiger partial charge is 0.406 e. The standard InChI is InChI=1S/C9H14F3N3/c1-3-4-13-8-14-7(2)5-15(8)6-9(10,11)12/h5H,3-4,6H2,1-2H3,(H,13,14). The van der Waals surface area contributed by atoms with Crippen molar-refractivity contribution >= 4 is 5.95 Å². The molecule has 3 nitrogen and oxygen atoms in total.